The monoisotopic (exact) mass is 206 g/mol. The molecule has 82 valence electrons. The first-order chi connectivity index (χ1) is 7.25. The number of pyridine rings is 1. The van der Waals surface area contributed by atoms with Gasteiger partial charge in [0.2, 0.25) is 5.88 Å². The van der Waals surface area contributed by atoms with Gasteiger partial charge in [0.05, 0.1) is 0 Å². The summed E-state index contributed by atoms with van der Waals surface area (Å²) in [6, 6.07) is 3.97. The van der Waals surface area contributed by atoms with E-state index in [4.69, 9.17) is 4.74 Å². The second kappa shape index (κ2) is 4.62. The highest BCUT2D eigenvalue weighted by Gasteiger charge is 2.22. The van der Waals surface area contributed by atoms with Gasteiger partial charge in [0.15, 0.2) is 0 Å². The molecule has 0 radical (unpaired) electrons. The van der Waals surface area contributed by atoms with Crippen LogP contribution in [-0.2, 0) is 0 Å². The van der Waals surface area contributed by atoms with Gasteiger partial charge in [0.25, 0.3) is 0 Å². The average Bonchev–Trinajstić information content (AvgIpc) is 2.22. The van der Waals surface area contributed by atoms with Crippen LogP contribution in [0.4, 0.5) is 0 Å². The van der Waals surface area contributed by atoms with Crippen LogP contribution in [0.1, 0.15) is 18.9 Å². The van der Waals surface area contributed by atoms with Gasteiger partial charge in [-0.3, -0.25) is 0 Å². The Morgan fingerprint density at radius 3 is 3.13 bits per heavy atom. The minimum atomic E-state index is 0.257. The lowest BCUT2D eigenvalue weighted by Gasteiger charge is -2.29. The van der Waals surface area contributed by atoms with Crippen LogP contribution in [0.3, 0.4) is 0 Å². The molecule has 3 nitrogen and oxygen atoms in total. The third-order valence-electron chi connectivity index (χ3n) is 2.92. The van der Waals surface area contributed by atoms with Crippen molar-refractivity contribution < 1.29 is 4.74 Å². The number of hydrogen-bond donors (Lipinski definition) is 1. The Labute approximate surface area is 90.9 Å². The third kappa shape index (κ3) is 2.69. The zero-order valence-electron chi connectivity index (χ0n) is 9.36. The van der Waals surface area contributed by atoms with Crippen molar-refractivity contribution in [1.29, 1.82) is 0 Å². The zero-order chi connectivity index (χ0) is 10.7. The van der Waals surface area contributed by atoms with Gasteiger partial charge in [0, 0.05) is 18.8 Å². The van der Waals surface area contributed by atoms with Gasteiger partial charge in [-0.05, 0) is 37.4 Å². The predicted molar refractivity (Wildman–Crippen MR) is 60.0 cm³/mol. The first kappa shape index (κ1) is 10.4. The third-order valence-corrected chi connectivity index (χ3v) is 2.92. The van der Waals surface area contributed by atoms with E-state index in [0.29, 0.717) is 5.92 Å². The molecule has 2 unspecified atom stereocenters. The average molecular weight is 206 g/mol. The fourth-order valence-electron chi connectivity index (χ4n) is 1.85. The molecular formula is C12H18N2O. The smallest absolute Gasteiger partial charge is 0.213 e. The normalized spacial score (nSPS) is 26.3. The van der Waals surface area contributed by atoms with E-state index in [-0.39, 0.29) is 6.10 Å². The van der Waals surface area contributed by atoms with Crippen LogP contribution in [-0.4, -0.2) is 24.2 Å². The van der Waals surface area contributed by atoms with Crippen molar-refractivity contribution in [2.75, 3.05) is 13.1 Å². The van der Waals surface area contributed by atoms with Crippen molar-refractivity contribution in [3.63, 3.8) is 0 Å². The molecule has 0 bridgehead atoms. The Morgan fingerprint density at radius 1 is 1.53 bits per heavy atom. The van der Waals surface area contributed by atoms with Crippen molar-refractivity contribution in [2.24, 2.45) is 5.92 Å². The largest absolute Gasteiger partial charge is 0.473 e. The fourth-order valence-corrected chi connectivity index (χ4v) is 1.85. The van der Waals surface area contributed by atoms with Crippen molar-refractivity contribution in [3.05, 3.63) is 23.9 Å². The van der Waals surface area contributed by atoms with Crippen LogP contribution in [0.15, 0.2) is 18.3 Å². The number of nitrogens with one attached hydrogen (secondary N) is 1. The van der Waals surface area contributed by atoms with Crippen molar-refractivity contribution in [3.8, 4) is 5.88 Å². The minimum Gasteiger partial charge on any atom is -0.473 e. The molecule has 3 heteroatoms. The number of aryl methyl sites for hydroxylation is 1. The Morgan fingerprint density at radius 2 is 2.40 bits per heavy atom. The van der Waals surface area contributed by atoms with E-state index >= 15 is 0 Å². The Hall–Kier alpha value is -1.09. The molecule has 0 aromatic carbocycles. The van der Waals surface area contributed by atoms with Crippen LogP contribution in [0.25, 0.3) is 0 Å². The Kier molecular flexibility index (Phi) is 3.21. The van der Waals surface area contributed by atoms with Crippen molar-refractivity contribution >= 4 is 0 Å². The van der Waals surface area contributed by atoms with Gasteiger partial charge in [0.1, 0.15) is 6.10 Å². The molecule has 0 saturated carbocycles. The molecule has 0 spiro atoms. The molecule has 0 amide bonds. The van der Waals surface area contributed by atoms with Crippen LogP contribution in [0, 0.1) is 12.8 Å². The summed E-state index contributed by atoms with van der Waals surface area (Å²) >= 11 is 0. The quantitative estimate of drug-likeness (QED) is 0.800. The maximum absolute atomic E-state index is 5.87. The maximum atomic E-state index is 5.87. The molecule has 15 heavy (non-hydrogen) atoms. The molecule has 2 rings (SSSR count). The van der Waals surface area contributed by atoms with Gasteiger partial charge in [-0.2, -0.15) is 0 Å². The minimum absolute atomic E-state index is 0.257. The number of aromatic nitrogens is 1. The van der Waals surface area contributed by atoms with Gasteiger partial charge in [-0.15, -0.1) is 0 Å². The summed E-state index contributed by atoms with van der Waals surface area (Å²) in [4.78, 5) is 4.22. The molecule has 1 aromatic heterocycles. The SMILES string of the molecule is Cc1ccnc(OC2CNCCC2C)c1. The van der Waals surface area contributed by atoms with Gasteiger partial charge < -0.3 is 10.1 Å². The van der Waals surface area contributed by atoms with E-state index in [1.54, 1.807) is 6.20 Å². The Balaban J connectivity index is 2.01. The lowest BCUT2D eigenvalue weighted by atomic mass is 9.97. The predicted octanol–water partition coefficient (Wildman–Crippen LogP) is 1.77. The second-order valence-electron chi connectivity index (χ2n) is 4.30. The van der Waals surface area contributed by atoms with Crippen LogP contribution >= 0.6 is 0 Å². The molecule has 1 saturated heterocycles. The van der Waals surface area contributed by atoms with E-state index in [1.807, 2.05) is 12.1 Å². The van der Waals surface area contributed by atoms with Crippen LogP contribution in [0.2, 0.25) is 0 Å². The first-order valence-corrected chi connectivity index (χ1v) is 5.56. The van der Waals surface area contributed by atoms with E-state index in [0.717, 1.165) is 19.0 Å². The highest BCUT2D eigenvalue weighted by atomic mass is 16.5. The molecule has 1 aliphatic rings. The standard InChI is InChI=1S/C12H18N2O/c1-9-3-6-14-12(7-9)15-11-8-13-5-4-10(11)2/h3,6-7,10-11,13H,4-5,8H2,1-2H3. The number of nitrogens with zero attached hydrogens (tertiary/aromatic N) is 1. The van der Waals surface area contributed by atoms with E-state index in [2.05, 4.69) is 24.1 Å². The fraction of sp³-hybridized carbons (Fsp3) is 0.583. The van der Waals surface area contributed by atoms with E-state index in [1.165, 1.54) is 12.0 Å². The van der Waals surface area contributed by atoms with Gasteiger partial charge >= 0.3 is 0 Å². The number of hydrogen-bond acceptors (Lipinski definition) is 3. The summed E-state index contributed by atoms with van der Waals surface area (Å²) in [6.45, 7) is 6.32. The van der Waals surface area contributed by atoms with Crippen molar-refractivity contribution in [2.45, 2.75) is 26.4 Å². The zero-order valence-corrected chi connectivity index (χ0v) is 9.36. The molecule has 2 atom stereocenters. The maximum Gasteiger partial charge on any atom is 0.213 e. The number of rotatable bonds is 2. The lowest BCUT2D eigenvalue weighted by Crippen LogP contribution is -2.42. The molecule has 1 aliphatic heterocycles. The lowest BCUT2D eigenvalue weighted by molar-refractivity contribution is 0.109. The topological polar surface area (TPSA) is 34.1 Å². The summed E-state index contributed by atoms with van der Waals surface area (Å²) in [5.41, 5.74) is 1.19. The Bertz CT molecular complexity index is 327. The summed E-state index contributed by atoms with van der Waals surface area (Å²) in [6.07, 6.45) is 3.23. The van der Waals surface area contributed by atoms with Crippen LogP contribution in [0.5, 0.6) is 5.88 Å². The van der Waals surface area contributed by atoms with Gasteiger partial charge in [-0.25, -0.2) is 4.98 Å². The molecule has 0 aliphatic carbocycles. The molecule has 1 fully saturated rings. The molecule has 1 aromatic rings. The number of piperidine rings is 1. The van der Waals surface area contributed by atoms with Gasteiger partial charge in [-0.1, -0.05) is 6.92 Å². The second-order valence-corrected chi connectivity index (χ2v) is 4.30. The summed E-state index contributed by atoms with van der Waals surface area (Å²) < 4.78 is 5.87. The highest BCUT2D eigenvalue weighted by Crippen LogP contribution is 2.18. The van der Waals surface area contributed by atoms with E-state index < -0.39 is 0 Å². The highest BCUT2D eigenvalue weighted by molar-refractivity contribution is 5.19. The molecular weight excluding hydrogens is 188 g/mol. The number of ether oxygens (including phenoxy) is 1. The summed E-state index contributed by atoms with van der Waals surface area (Å²) in [7, 11) is 0. The summed E-state index contributed by atoms with van der Waals surface area (Å²) in [5, 5.41) is 3.35. The van der Waals surface area contributed by atoms with Crippen molar-refractivity contribution in [1.82, 2.24) is 10.3 Å². The van der Waals surface area contributed by atoms with E-state index in [9.17, 15) is 0 Å². The molecule has 1 N–H and O–H groups in total. The van der Waals surface area contributed by atoms with Crippen LogP contribution < -0.4 is 10.1 Å². The summed E-state index contributed by atoms with van der Waals surface area (Å²) in [5.74, 6) is 1.35. The molecule has 2 heterocycles. The first-order valence-electron chi connectivity index (χ1n) is 5.56.